The Kier molecular flexibility index (Phi) is 4.29. The van der Waals surface area contributed by atoms with Gasteiger partial charge in [0.15, 0.2) is 0 Å². The van der Waals surface area contributed by atoms with Crippen molar-refractivity contribution in [3.8, 4) is 0 Å². The van der Waals surface area contributed by atoms with Gasteiger partial charge in [0.25, 0.3) is 0 Å². The average Bonchev–Trinajstić information content (AvgIpc) is 2.74. The van der Waals surface area contributed by atoms with Crippen LogP contribution in [-0.2, 0) is 0 Å². The molecular formula is C12H18N4S2. The normalized spacial score (nSPS) is 10.9. The molecule has 0 aliphatic heterocycles. The highest BCUT2D eigenvalue weighted by atomic mass is 32.2. The van der Waals surface area contributed by atoms with E-state index in [2.05, 4.69) is 46.5 Å². The fourth-order valence-electron chi connectivity index (χ4n) is 1.76. The number of anilines is 2. The smallest absolute Gasteiger partial charge is 0.225 e. The monoisotopic (exact) mass is 282 g/mol. The van der Waals surface area contributed by atoms with Gasteiger partial charge in [0, 0.05) is 31.3 Å². The highest BCUT2D eigenvalue weighted by Gasteiger charge is 2.13. The van der Waals surface area contributed by atoms with Crippen LogP contribution in [0.2, 0.25) is 0 Å². The van der Waals surface area contributed by atoms with Crippen LogP contribution < -0.4 is 10.2 Å². The number of hydrogen-bond donors (Lipinski definition) is 1. The predicted molar refractivity (Wildman–Crippen MR) is 83.4 cm³/mol. The van der Waals surface area contributed by atoms with E-state index in [9.17, 15) is 0 Å². The van der Waals surface area contributed by atoms with Gasteiger partial charge >= 0.3 is 0 Å². The summed E-state index contributed by atoms with van der Waals surface area (Å²) >= 11 is 3.56. The number of aromatic nitrogens is 2. The van der Waals surface area contributed by atoms with Crippen molar-refractivity contribution in [2.75, 3.05) is 42.9 Å². The van der Waals surface area contributed by atoms with Crippen molar-refractivity contribution in [3.05, 3.63) is 10.9 Å². The third kappa shape index (κ3) is 2.70. The zero-order chi connectivity index (χ0) is 13.1. The van der Waals surface area contributed by atoms with Gasteiger partial charge in [-0.15, -0.1) is 11.3 Å². The van der Waals surface area contributed by atoms with Crippen LogP contribution in [0.4, 0.5) is 11.8 Å². The second-order valence-electron chi connectivity index (χ2n) is 4.11. The first kappa shape index (κ1) is 13.4. The van der Waals surface area contributed by atoms with E-state index in [1.807, 2.05) is 18.8 Å². The summed E-state index contributed by atoms with van der Waals surface area (Å²) < 4.78 is 0. The van der Waals surface area contributed by atoms with Gasteiger partial charge in [-0.25, -0.2) is 4.98 Å². The van der Waals surface area contributed by atoms with Crippen LogP contribution in [-0.4, -0.2) is 42.6 Å². The van der Waals surface area contributed by atoms with E-state index in [1.165, 1.54) is 4.88 Å². The molecule has 98 valence electrons. The Morgan fingerprint density at radius 2 is 2.22 bits per heavy atom. The lowest BCUT2D eigenvalue weighted by Gasteiger charge is -2.18. The van der Waals surface area contributed by atoms with Gasteiger partial charge in [-0.1, -0.05) is 0 Å². The lowest BCUT2D eigenvalue weighted by Crippen LogP contribution is -2.22. The average molecular weight is 282 g/mol. The summed E-state index contributed by atoms with van der Waals surface area (Å²) in [6.45, 7) is 3.10. The summed E-state index contributed by atoms with van der Waals surface area (Å²) in [4.78, 5) is 13.6. The van der Waals surface area contributed by atoms with Gasteiger partial charge in [0.05, 0.1) is 5.39 Å². The molecule has 2 aromatic rings. The van der Waals surface area contributed by atoms with E-state index in [-0.39, 0.29) is 0 Å². The summed E-state index contributed by atoms with van der Waals surface area (Å²) in [5.41, 5.74) is 0. The topological polar surface area (TPSA) is 41.1 Å². The molecule has 2 heterocycles. The van der Waals surface area contributed by atoms with Gasteiger partial charge in [-0.3, -0.25) is 0 Å². The van der Waals surface area contributed by atoms with Crippen LogP contribution in [0.5, 0.6) is 0 Å². The van der Waals surface area contributed by atoms with E-state index < -0.39 is 0 Å². The van der Waals surface area contributed by atoms with E-state index in [0.717, 1.165) is 28.3 Å². The molecule has 0 aromatic carbocycles. The molecule has 0 amide bonds. The molecule has 18 heavy (non-hydrogen) atoms. The Hall–Kier alpha value is -1.01. The largest absolute Gasteiger partial charge is 0.358 e. The van der Waals surface area contributed by atoms with Crippen molar-refractivity contribution in [2.45, 2.75) is 6.92 Å². The molecule has 1 N–H and O–H groups in total. The van der Waals surface area contributed by atoms with Gasteiger partial charge in [-0.2, -0.15) is 16.7 Å². The minimum absolute atomic E-state index is 0.690. The van der Waals surface area contributed by atoms with Crippen molar-refractivity contribution in [1.82, 2.24) is 9.97 Å². The minimum Gasteiger partial charge on any atom is -0.358 e. The third-order valence-electron chi connectivity index (χ3n) is 2.71. The fraction of sp³-hybridized carbons (Fsp3) is 0.500. The molecule has 0 aliphatic carbocycles. The van der Waals surface area contributed by atoms with E-state index in [1.54, 1.807) is 11.3 Å². The van der Waals surface area contributed by atoms with E-state index >= 15 is 0 Å². The number of nitrogens with zero attached hydrogens (tertiary/aromatic N) is 3. The predicted octanol–water partition coefficient (Wildman–Crippen LogP) is 2.84. The molecule has 0 saturated carbocycles. The number of thioether (sulfide) groups is 1. The first-order valence-electron chi connectivity index (χ1n) is 5.81. The molecule has 0 atom stereocenters. The molecule has 0 aliphatic rings. The number of hydrogen-bond acceptors (Lipinski definition) is 6. The zero-order valence-corrected chi connectivity index (χ0v) is 12.8. The van der Waals surface area contributed by atoms with Crippen molar-refractivity contribution in [3.63, 3.8) is 0 Å². The Morgan fingerprint density at radius 1 is 1.44 bits per heavy atom. The standard InChI is InChI=1S/C12H18N4S2/c1-8-7-9-10(16(3)5-6-17-4)14-12(13-2)15-11(9)18-8/h7H,5-6H2,1-4H3,(H,13,14,15). The van der Waals surface area contributed by atoms with Crippen molar-refractivity contribution in [2.24, 2.45) is 0 Å². The van der Waals surface area contributed by atoms with Crippen LogP contribution in [0.3, 0.4) is 0 Å². The molecule has 2 rings (SSSR count). The summed E-state index contributed by atoms with van der Waals surface area (Å²) in [5, 5.41) is 4.19. The van der Waals surface area contributed by atoms with Crippen LogP contribution >= 0.6 is 23.1 Å². The molecule has 0 bridgehead atoms. The number of aryl methyl sites for hydroxylation is 1. The summed E-state index contributed by atoms with van der Waals surface area (Å²) in [7, 11) is 3.94. The van der Waals surface area contributed by atoms with Crippen LogP contribution in [0.1, 0.15) is 4.88 Å². The number of thiophene rings is 1. The summed E-state index contributed by atoms with van der Waals surface area (Å²) in [5.74, 6) is 2.80. The highest BCUT2D eigenvalue weighted by Crippen LogP contribution is 2.31. The third-order valence-corrected chi connectivity index (χ3v) is 4.25. The molecule has 4 nitrogen and oxygen atoms in total. The van der Waals surface area contributed by atoms with E-state index in [0.29, 0.717) is 5.95 Å². The Bertz CT molecular complexity index is 538. The fourth-order valence-corrected chi connectivity index (χ4v) is 3.09. The summed E-state index contributed by atoms with van der Waals surface area (Å²) in [6, 6.07) is 2.17. The minimum atomic E-state index is 0.690. The number of rotatable bonds is 5. The van der Waals surface area contributed by atoms with Crippen molar-refractivity contribution >= 4 is 45.1 Å². The second kappa shape index (κ2) is 5.75. The number of nitrogens with one attached hydrogen (secondary N) is 1. The quantitative estimate of drug-likeness (QED) is 0.913. The maximum Gasteiger partial charge on any atom is 0.225 e. The molecule has 0 fully saturated rings. The SMILES string of the molecule is CNc1nc(N(C)CCSC)c2cc(C)sc2n1. The van der Waals surface area contributed by atoms with Gasteiger partial charge < -0.3 is 10.2 Å². The van der Waals surface area contributed by atoms with Crippen LogP contribution in [0.25, 0.3) is 10.2 Å². The Morgan fingerprint density at radius 3 is 2.89 bits per heavy atom. The molecule has 0 radical (unpaired) electrons. The van der Waals surface area contributed by atoms with Crippen molar-refractivity contribution < 1.29 is 0 Å². The van der Waals surface area contributed by atoms with Crippen LogP contribution in [0, 0.1) is 6.92 Å². The van der Waals surface area contributed by atoms with Crippen molar-refractivity contribution in [1.29, 1.82) is 0 Å². The molecule has 6 heteroatoms. The zero-order valence-electron chi connectivity index (χ0n) is 11.1. The van der Waals surface area contributed by atoms with Gasteiger partial charge in [0.1, 0.15) is 10.6 Å². The molecule has 2 aromatic heterocycles. The van der Waals surface area contributed by atoms with Gasteiger partial charge in [0.2, 0.25) is 5.95 Å². The number of fused-ring (bicyclic) bond motifs is 1. The second-order valence-corrected chi connectivity index (χ2v) is 6.33. The first-order chi connectivity index (χ1) is 8.65. The summed E-state index contributed by atoms with van der Waals surface area (Å²) in [6.07, 6.45) is 2.12. The first-order valence-corrected chi connectivity index (χ1v) is 8.02. The maximum atomic E-state index is 4.59. The lowest BCUT2D eigenvalue weighted by molar-refractivity contribution is 0.950. The Labute approximate surface area is 116 Å². The highest BCUT2D eigenvalue weighted by molar-refractivity contribution is 7.98. The Balaban J connectivity index is 2.45. The maximum absolute atomic E-state index is 4.59. The molecule has 0 saturated heterocycles. The van der Waals surface area contributed by atoms with E-state index in [4.69, 9.17) is 0 Å². The van der Waals surface area contributed by atoms with Crippen LogP contribution in [0.15, 0.2) is 6.07 Å². The van der Waals surface area contributed by atoms with Gasteiger partial charge in [-0.05, 0) is 19.2 Å². The lowest BCUT2D eigenvalue weighted by atomic mass is 10.3. The molecular weight excluding hydrogens is 264 g/mol. The molecule has 0 spiro atoms. The molecule has 0 unspecified atom stereocenters.